The third kappa shape index (κ3) is 2.97. The fourth-order valence-electron chi connectivity index (χ4n) is 1.42. The van der Waals surface area contributed by atoms with E-state index in [4.69, 9.17) is 9.47 Å². The number of thiazole rings is 1. The Morgan fingerprint density at radius 2 is 1.65 bits per heavy atom. The van der Waals surface area contributed by atoms with Crippen LogP contribution < -0.4 is 9.47 Å². The molecule has 0 spiro atoms. The van der Waals surface area contributed by atoms with Crippen LogP contribution in [0.4, 0.5) is 0 Å². The van der Waals surface area contributed by atoms with E-state index in [1.165, 1.54) is 0 Å². The summed E-state index contributed by atoms with van der Waals surface area (Å²) in [6.07, 6.45) is 0. The predicted molar refractivity (Wildman–Crippen MR) is 72.1 cm³/mol. The van der Waals surface area contributed by atoms with Gasteiger partial charge in [0.1, 0.15) is 16.5 Å². The fraction of sp³-hybridized carbons (Fsp3) is 0.308. The maximum atomic E-state index is 5.22. The van der Waals surface area contributed by atoms with Crippen LogP contribution in [0.5, 0.6) is 11.5 Å². The Bertz CT molecular complexity index is 472. The summed E-state index contributed by atoms with van der Waals surface area (Å²) in [7, 11) is 3.29. The molecule has 3 nitrogen and oxygen atoms in total. The van der Waals surface area contributed by atoms with Crippen molar-refractivity contribution in [2.75, 3.05) is 14.2 Å². The zero-order valence-corrected chi connectivity index (χ0v) is 10.3. The highest BCUT2D eigenvalue weighted by Gasteiger charge is 2.07. The molecule has 1 aromatic heterocycles. The van der Waals surface area contributed by atoms with Crippen LogP contribution in [-0.4, -0.2) is 19.2 Å². The van der Waals surface area contributed by atoms with Crippen molar-refractivity contribution in [3.8, 4) is 22.1 Å². The van der Waals surface area contributed by atoms with Crippen molar-refractivity contribution in [3.63, 3.8) is 0 Å². The molecule has 4 heteroatoms. The molecule has 0 aliphatic rings. The lowest BCUT2D eigenvalue weighted by molar-refractivity contribution is 0.394. The van der Waals surface area contributed by atoms with Crippen LogP contribution in [0.2, 0.25) is 0 Å². The largest absolute Gasteiger partial charge is 0.497 e. The van der Waals surface area contributed by atoms with Gasteiger partial charge in [0.2, 0.25) is 0 Å². The molecule has 0 bridgehead atoms. The van der Waals surface area contributed by atoms with Gasteiger partial charge in [-0.25, -0.2) is 4.98 Å². The van der Waals surface area contributed by atoms with Crippen molar-refractivity contribution in [1.29, 1.82) is 0 Å². The van der Waals surface area contributed by atoms with Gasteiger partial charge in [0, 0.05) is 22.7 Å². The van der Waals surface area contributed by atoms with Gasteiger partial charge in [0.25, 0.3) is 0 Å². The van der Waals surface area contributed by atoms with Gasteiger partial charge in [-0.3, -0.25) is 0 Å². The number of hydrogen-bond acceptors (Lipinski definition) is 4. The number of benzene rings is 1. The molecule has 2 aromatic rings. The zero-order valence-electron chi connectivity index (χ0n) is 9.48. The first kappa shape index (κ1) is 13.5. The summed E-state index contributed by atoms with van der Waals surface area (Å²) in [5.74, 6) is 1.56. The molecule has 92 valence electrons. The smallest absolute Gasteiger partial charge is 0.123 e. The summed E-state index contributed by atoms with van der Waals surface area (Å²) in [6, 6.07) is 5.77. The Balaban J connectivity index is 0.00000144. The maximum absolute atomic E-state index is 5.22. The third-order valence-electron chi connectivity index (χ3n) is 2.22. The first-order chi connectivity index (χ1) is 7.72. The molecule has 0 atom stereocenters. The van der Waals surface area contributed by atoms with Crippen LogP contribution in [0, 0.1) is 6.92 Å². The molecule has 17 heavy (non-hydrogen) atoms. The van der Waals surface area contributed by atoms with Crippen LogP contribution in [0.25, 0.3) is 10.6 Å². The fourth-order valence-corrected chi connectivity index (χ4v) is 2.20. The molecule has 1 heterocycles. The maximum Gasteiger partial charge on any atom is 0.123 e. The van der Waals surface area contributed by atoms with Gasteiger partial charge in [-0.1, -0.05) is 7.43 Å². The number of rotatable bonds is 3. The molecule has 1 aromatic carbocycles. The molecule has 0 radical (unpaired) electrons. The lowest BCUT2D eigenvalue weighted by Crippen LogP contribution is -1.88. The first-order valence-corrected chi connectivity index (χ1v) is 5.76. The minimum atomic E-state index is 0. The van der Waals surface area contributed by atoms with Gasteiger partial charge >= 0.3 is 0 Å². The summed E-state index contributed by atoms with van der Waals surface area (Å²) < 4.78 is 10.4. The molecule has 0 fully saturated rings. The van der Waals surface area contributed by atoms with E-state index in [0.29, 0.717) is 0 Å². The number of aryl methyl sites for hydroxylation is 1. The number of nitrogens with zero attached hydrogens (tertiary/aromatic N) is 1. The molecule has 0 saturated carbocycles. The van der Waals surface area contributed by atoms with E-state index in [1.54, 1.807) is 25.6 Å². The lowest BCUT2D eigenvalue weighted by atomic mass is 10.2. The number of aromatic nitrogens is 1. The SMILES string of the molecule is C.COc1cc(OC)cc(-c2nc(C)cs2)c1. The molecule has 0 unspecified atom stereocenters. The second-order valence-corrected chi connectivity index (χ2v) is 4.25. The van der Waals surface area contributed by atoms with E-state index in [2.05, 4.69) is 4.98 Å². The summed E-state index contributed by atoms with van der Waals surface area (Å²) in [5, 5.41) is 3.01. The number of methoxy groups -OCH3 is 2. The molecule has 0 aliphatic heterocycles. The quantitative estimate of drug-likeness (QED) is 0.832. The minimum Gasteiger partial charge on any atom is -0.497 e. The van der Waals surface area contributed by atoms with Gasteiger partial charge in [-0.2, -0.15) is 0 Å². The molecule has 0 amide bonds. The Morgan fingerprint density at radius 3 is 2.06 bits per heavy atom. The highest BCUT2D eigenvalue weighted by atomic mass is 32.1. The van der Waals surface area contributed by atoms with Crippen LogP contribution in [0.3, 0.4) is 0 Å². The molecule has 0 saturated heterocycles. The summed E-state index contributed by atoms with van der Waals surface area (Å²) >= 11 is 1.62. The standard InChI is InChI=1S/C12H13NO2S.CH4/c1-8-7-16-12(13-8)9-4-10(14-2)6-11(5-9)15-3;/h4-7H,1-3H3;1H4. The van der Waals surface area contributed by atoms with Crippen molar-refractivity contribution in [1.82, 2.24) is 4.98 Å². The van der Waals surface area contributed by atoms with E-state index in [0.717, 1.165) is 27.8 Å². The van der Waals surface area contributed by atoms with Crippen LogP contribution in [0.1, 0.15) is 13.1 Å². The highest BCUT2D eigenvalue weighted by Crippen LogP contribution is 2.31. The van der Waals surface area contributed by atoms with E-state index in [-0.39, 0.29) is 7.43 Å². The average molecular weight is 251 g/mol. The second-order valence-electron chi connectivity index (χ2n) is 3.40. The van der Waals surface area contributed by atoms with Crippen molar-refractivity contribution in [2.45, 2.75) is 14.4 Å². The van der Waals surface area contributed by atoms with E-state index < -0.39 is 0 Å². The lowest BCUT2D eigenvalue weighted by Gasteiger charge is -2.06. The normalized spacial score (nSPS) is 9.59. The van der Waals surface area contributed by atoms with E-state index in [1.807, 2.05) is 30.5 Å². The van der Waals surface area contributed by atoms with Gasteiger partial charge in [0.15, 0.2) is 0 Å². The minimum absolute atomic E-state index is 0. The van der Waals surface area contributed by atoms with Crippen molar-refractivity contribution in [3.05, 3.63) is 29.3 Å². The topological polar surface area (TPSA) is 31.4 Å². The van der Waals surface area contributed by atoms with E-state index >= 15 is 0 Å². The molecule has 0 N–H and O–H groups in total. The molecular weight excluding hydrogens is 234 g/mol. The van der Waals surface area contributed by atoms with Crippen LogP contribution in [0.15, 0.2) is 23.6 Å². The second kappa shape index (κ2) is 5.68. The highest BCUT2D eigenvalue weighted by molar-refractivity contribution is 7.13. The van der Waals surface area contributed by atoms with Gasteiger partial charge < -0.3 is 9.47 Å². The Kier molecular flexibility index (Phi) is 4.52. The molecular formula is C13H17NO2S. The summed E-state index contributed by atoms with van der Waals surface area (Å²) in [5.41, 5.74) is 2.05. The van der Waals surface area contributed by atoms with Crippen molar-refractivity contribution in [2.24, 2.45) is 0 Å². The van der Waals surface area contributed by atoms with Gasteiger partial charge in [0.05, 0.1) is 14.2 Å². The van der Waals surface area contributed by atoms with Crippen molar-refractivity contribution >= 4 is 11.3 Å². The zero-order chi connectivity index (χ0) is 11.5. The monoisotopic (exact) mass is 251 g/mol. The Hall–Kier alpha value is -1.55. The Morgan fingerprint density at radius 1 is 1.06 bits per heavy atom. The third-order valence-corrected chi connectivity index (χ3v) is 3.23. The van der Waals surface area contributed by atoms with Gasteiger partial charge in [-0.15, -0.1) is 11.3 Å². The molecule has 0 aliphatic carbocycles. The number of hydrogen-bond donors (Lipinski definition) is 0. The van der Waals surface area contributed by atoms with E-state index in [9.17, 15) is 0 Å². The number of ether oxygens (including phenoxy) is 2. The summed E-state index contributed by atoms with van der Waals surface area (Å²) in [4.78, 5) is 4.44. The predicted octanol–water partition coefficient (Wildman–Crippen LogP) is 3.77. The molecule has 2 rings (SSSR count). The first-order valence-electron chi connectivity index (χ1n) is 4.88. The Labute approximate surface area is 106 Å². The average Bonchev–Trinajstić information content (AvgIpc) is 2.75. The summed E-state index contributed by atoms with van der Waals surface area (Å²) in [6.45, 7) is 1.98. The van der Waals surface area contributed by atoms with Gasteiger partial charge in [-0.05, 0) is 19.1 Å². The van der Waals surface area contributed by atoms with Crippen LogP contribution in [-0.2, 0) is 0 Å². The van der Waals surface area contributed by atoms with Crippen molar-refractivity contribution < 1.29 is 9.47 Å². The van der Waals surface area contributed by atoms with Crippen LogP contribution >= 0.6 is 11.3 Å².